The van der Waals surface area contributed by atoms with Crippen LogP contribution in [0, 0.1) is 0 Å². The lowest BCUT2D eigenvalue weighted by molar-refractivity contribution is -0.138. The summed E-state index contributed by atoms with van der Waals surface area (Å²) in [5.41, 5.74) is -0.830. The summed E-state index contributed by atoms with van der Waals surface area (Å²) in [5.74, 6) is -0.717. The van der Waals surface area contributed by atoms with E-state index in [0.717, 1.165) is 18.7 Å². The SMILES string of the molecule is CCCC(CC(=O)O)Nc1ccc(C(F)(F)F)cn1. The number of pyridine rings is 1. The van der Waals surface area contributed by atoms with E-state index in [2.05, 4.69) is 10.3 Å². The highest BCUT2D eigenvalue weighted by atomic mass is 19.4. The Morgan fingerprint density at radius 1 is 1.47 bits per heavy atom. The van der Waals surface area contributed by atoms with Gasteiger partial charge in [-0.15, -0.1) is 0 Å². The van der Waals surface area contributed by atoms with Gasteiger partial charge in [-0.3, -0.25) is 4.79 Å². The number of hydrogen-bond donors (Lipinski definition) is 2. The summed E-state index contributed by atoms with van der Waals surface area (Å²) in [5, 5.41) is 11.6. The summed E-state index contributed by atoms with van der Waals surface area (Å²) in [6.07, 6.45) is -2.42. The van der Waals surface area contributed by atoms with Crippen molar-refractivity contribution in [3.8, 4) is 0 Å². The van der Waals surface area contributed by atoms with E-state index in [0.29, 0.717) is 6.42 Å². The van der Waals surface area contributed by atoms with Gasteiger partial charge in [-0.25, -0.2) is 4.98 Å². The predicted molar refractivity (Wildman–Crippen MR) is 63.8 cm³/mol. The largest absolute Gasteiger partial charge is 0.481 e. The number of halogens is 3. The molecule has 0 aliphatic heterocycles. The fourth-order valence-electron chi connectivity index (χ4n) is 1.64. The Morgan fingerprint density at radius 2 is 2.16 bits per heavy atom. The van der Waals surface area contributed by atoms with Crippen LogP contribution >= 0.6 is 0 Å². The van der Waals surface area contributed by atoms with Crippen molar-refractivity contribution in [3.63, 3.8) is 0 Å². The average molecular weight is 276 g/mol. The third-order valence-electron chi connectivity index (χ3n) is 2.50. The van der Waals surface area contributed by atoms with E-state index in [1.54, 1.807) is 0 Å². The zero-order valence-electron chi connectivity index (χ0n) is 10.4. The number of nitrogens with one attached hydrogen (secondary N) is 1. The third-order valence-corrected chi connectivity index (χ3v) is 2.50. The van der Waals surface area contributed by atoms with Gasteiger partial charge in [0.2, 0.25) is 0 Å². The summed E-state index contributed by atoms with van der Waals surface area (Å²) >= 11 is 0. The molecular weight excluding hydrogens is 261 g/mol. The average Bonchev–Trinajstić information content (AvgIpc) is 2.28. The number of rotatable bonds is 6. The van der Waals surface area contributed by atoms with Gasteiger partial charge in [0.05, 0.1) is 12.0 Å². The number of carboxylic acid groups (broad SMARTS) is 1. The van der Waals surface area contributed by atoms with Crippen molar-refractivity contribution in [1.29, 1.82) is 0 Å². The number of anilines is 1. The summed E-state index contributed by atoms with van der Waals surface area (Å²) in [6.45, 7) is 1.90. The third kappa shape index (κ3) is 5.15. The van der Waals surface area contributed by atoms with Crippen molar-refractivity contribution in [2.75, 3.05) is 5.32 Å². The molecule has 0 aromatic carbocycles. The van der Waals surface area contributed by atoms with Crippen LogP contribution in [0.15, 0.2) is 18.3 Å². The maximum absolute atomic E-state index is 12.3. The Labute approximate surface area is 108 Å². The molecule has 0 saturated heterocycles. The highest BCUT2D eigenvalue weighted by Crippen LogP contribution is 2.29. The highest BCUT2D eigenvalue weighted by Gasteiger charge is 2.30. The highest BCUT2D eigenvalue weighted by molar-refractivity contribution is 5.68. The number of hydrogen-bond acceptors (Lipinski definition) is 3. The zero-order chi connectivity index (χ0) is 14.5. The summed E-state index contributed by atoms with van der Waals surface area (Å²) in [7, 11) is 0. The molecule has 1 aromatic heterocycles. The first-order chi connectivity index (χ1) is 8.82. The topological polar surface area (TPSA) is 62.2 Å². The van der Waals surface area contributed by atoms with Crippen LogP contribution < -0.4 is 5.32 Å². The van der Waals surface area contributed by atoms with Crippen molar-refractivity contribution in [3.05, 3.63) is 23.9 Å². The second kappa shape index (κ2) is 6.40. The van der Waals surface area contributed by atoms with Crippen molar-refractivity contribution in [2.45, 2.75) is 38.4 Å². The molecule has 0 saturated carbocycles. The van der Waals surface area contributed by atoms with Gasteiger partial charge in [0.15, 0.2) is 0 Å². The van der Waals surface area contributed by atoms with Crippen LogP contribution in [0.4, 0.5) is 19.0 Å². The van der Waals surface area contributed by atoms with Crippen molar-refractivity contribution >= 4 is 11.8 Å². The van der Waals surface area contributed by atoms with Gasteiger partial charge in [-0.1, -0.05) is 13.3 Å². The van der Waals surface area contributed by atoms with Gasteiger partial charge in [-0.2, -0.15) is 13.2 Å². The number of aliphatic carboxylic acids is 1. The Morgan fingerprint density at radius 3 is 2.58 bits per heavy atom. The number of nitrogens with zero attached hydrogens (tertiary/aromatic N) is 1. The fraction of sp³-hybridized carbons (Fsp3) is 0.500. The van der Waals surface area contributed by atoms with Crippen LogP contribution in [0.5, 0.6) is 0 Å². The fourth-order valence-corrected chi connectivity index (χ4v) is 1.64. The molecule has 4 nitrogen and oxygen atoms in total. The molecule has 0 aliphatic rings. The molecule has 7 heteroatoms. The molecule has 106 valence electrons. The van der Waals surface area contributed by atoms with E-state index >= 15 is 0 Å². The smallest absolute Gasteiger partial charge is 0.417 e. The molecule has 0 amide bonds. The lowest BCUT2D eigenvalue weighted by atomic mass is 10.1. The Balaban J connectivity index is 2.72. The summed E-state index contributed by atoms with van der Waals surface area (Å²) in [4.78, 5) is 14.3. The molecule has 0 fully saturated rings. The normalized spacial score (nSPS) is 13.1. The van der Waals surface area contributed by atoms with Crippen molar-refractivity contribution < 1.29 is 23.1 Å². The van der Waals surface area contributed by atoms with Crippen LogP contribution in [-0.2, 0) is 11.0 Å². The van der Waals surface area contributed by atoms with E-state index in [1.165, 1.54) is 6.07 Å². The summed E-state index contributed by atoms with van der Waals surface area (Å²) < 4.78 is 37.0. The van der Waals surface area contributed by atoms with E-state index in [9.17, 15) is 18.0 Å². The molecule has 2 N–H and O–H groups in total. The molecule has 1 atom stereocenters. The molecule has 1 heterocycles. The van der Waals surface area contributed by atoms with Gasteiger partial charge in [0, 0.05) is 12.2 Å². The number of carboxylic acids is 1. The van der Waals surface area contributed by atoms with Crippen LogP contribution in [0.3, 0.4) is 0 Å². The van der Waals surface area contributed by atoms with Gasteiger partial charge < -0.3 is 10.4 Å². The van der Waals surface area contributed by atoms with E-state index in [4.69, 9.17) is 5.11 Å². The molecule has 1 aromatic rings. The quantitative estimate of drug-likeness (QED) is 0.837. The van der Waals surface area contributed by atoms with Crippen LogP contribution in [0.25, 0.3) is 0 Å². The zero-order valence-corrected chi connectivity index (χ0v) is 10.4. The van der Waals surface area contributed by atoms with Crippen molar-refractivity contribution in [2.24, 2.45) is 0 Å². The number of alkyl halides is 3. The molecular formula is C12H15F3N2O2. The lowest BCUT2D eigenvalue weighted by Gasteiger charge is -2.17. The first-order valence-corrected chi connectivity index (χ1v) is 5.84. The maximum atomic E-state index is 12.3. The molecule has 1 rings (SSSR count). The Kier molecular flexibility index (Phi) is 5.14. The Hall–Kier alpha value is -1.79. The first-order valence-electron chi connectivity index (χ1n) is 5.84. The number of aromatic nitrogens is 1. The minimum Gasteiger partial charge on any atom is -0.481 e. The van der Waals surface area contributed by atoms with Gasteiger partial charge >= 0.3 is 12.1 Å². The van der Waals surface area contributed by atoms with Crippen LogP contribution in [0.1, 0.15) is 31.7 Å². The molecule has 0 aliphatic carbocycles. The molecule has 0 bridgehead atoms. The van der Waals surface area contributed by atoms with Crippen LogP contribution in [-0.4, -0.2) is 22.1 Å². The second-order valence-electron chi connectivity index (χ2n) is 4.16. The predicted octanol–water partition coefficient (Wildman–Crippen LogP) is 3.16. The van der Waals surface area contributed by atoms with Gasteiger partial charge in [0.25, 0.3) is 0 Å². The minimum atomic E-state index is -4.42. The monoisotopic (exact) mass is 276 g/mol. The Bertz CT molecular complexity index is 418. The summed E-state index contributed by atoms with van der Waals surface area (Å²) in [6, 6.07) is 1.78. The molecule has 0 spiro atoms. The van der Waals surface area contributed by atoms with E-state index < -0.39 is 17.7 Å². The van der Waals surface area contributed by atoms with Crippen molar-refractivity contribution in [1.82, 2.24) is 4.98 Å². The van der Waals surface area contributed by atoms with Gasteiger partial charge in [0.1, 0.15) is 5.82 Å². The molecule has 19 heavy (non-hydrogen) atoms. The lowest BCUT2D eigenvalue weighted by Crippen LogP contribution is -2.23. The standard InChI is InChI=1S/C12H15F3N2O2/c1-2-3-9(6-11(18)19)17-10-5-4-8(7-16-10)12(13,14)15/h4-5,7,9H,2-3,6H2,1H3,(H,16,17)(H,18,19). The number of carbonyl (C=O) groups is 1. The second-order valence-corrected chi connectivity index (χ2v) is 4.16. The molecule has 1 unspecified atom stereocenters. The minimum absolute atomic E-state index is 0.101. The molecule has 0 radical (unpaired) electrons. The van der Waals surface area contributed by atoms with Gasteiger partial charge in [-0.05, 0) is 18.6 Å². The van der Waals surface area contributed by atoms with Crippen LogP contribution in [0.2, 0.25) is 0 Å². The first kappa shape index (κ1) is 15.3. The van der Waals surface area contributed by atoms with E-state index in [-0.39, 0.29) is 18.3 Å². The van der Waals surface area contributed by atoms with E-state index in [1.807, 2.05) is 6.92 Å². The maximum Gasteiger partial charge on any atom is 0.417 e.